The topological polar surface area (TPSA) is 73.6 Å². The summed E-state index contributed by atoms with van der Waals surface area (Å²) in [6.45, 7) is 4.39. The minimum absolute atomic E-state index is 0.0170. The van der Waals surface area contributed by atoms with E-state index >= 15 is 0 Å². The lowest BCUT2D eigenvalue weighted by Crippen LogP contribution is -2.28. The Labute approximate surface area is 114 Å². The maximum Gasteiger partial charge on any atom is 0.257 e. The van der Waals surface area contributed by atoms with Gasteiger partial charge in [-0.2, -0.15) is 0 Å². The predicted molar refractivity (Wildman–Crippen MR) is 74.5 cm³/mol. The van der Waals surface area contributed by atoms with Crippen molar-refractivity contribution in [1.29, 1.82) is 0 Å². The number of methoxy groups -OCH3 is 1. The summed E-state index contributed by atoms with van der Waals surface area (Å²) in [6.07, 6.45) is 0.771. The maximum absolute atomic E-state index is 11.3. The summed E-state index contributed by atoms with van der Waals surface area (Å²) >= 11 is 0. The lowest BCUT2D eigenvalue weighted by molar-refractivity contribution is -0.123. The van der Waals surface area contributed by atoms with E-state index in [-0.39, 0.29) is 18.6 Å². The third kappa shape index (κ3) is 5.18. The molecule has 0 aromatic heterocycles. The number of likely N-dealkylation sites (N-methyl/N-ethyl adjacent to an activating group) is 1. The predicted octanol–water partition coefficient (Wildman–Crippen LogP) is 1.10. The Hall–Kier alpha value is -1.75. The lowest BCUT2D eigenvalue weighted by atomic mass is 10.1. The minimum Gasteiger partial charge on any atom is -0.493 e. The van der Waals surface area contributed by atoms with E-state index in [1.54, 1.807) is 13.2 Å². The Morgan fingerprint density at radius 2 is 2.16 bits per heavy atom. The SMILES string of the molecule is CCNC(=O)COc1ccc(CC(C)N)cc1OC. The molecule has 1 rings (SSSR count). The molecule has 0 spiro atoms. The molecule has 1 aromatic carbocycles. The fourth-order valence-corrected chi connectivity index (χ4v) is 1.72. The largest absolute Gasteiger partial charge is 0.493 e. The van der Waals surface area contributed by atoms with Crippen LogP contribution in [0.25, 0.3) is 0 Å². The van der Waals surface area contributed by atoms with E-state index in [4.69, 9.17) is 15.2 Å². The minimum atomic E-state index is -0.149. The van der Waals surface area contributed by atoms with Crippen LogP contribution in [0.3, 0.4) is 0 Å². The first-order valence-corrected chi connectivity index (χ1v) is 6.38. The molecule has 5 heteroatoms. The van der Waals surface area contributed by atoms with Crippen LogP contribution < -0.4 is 20.5 Å². The molecule has 106 valence electrons. The van der Waals surface area contributed by atoms with Gasteiger partial charge in [0.2, 0.25) is 0 Å². The molecule has 1 unspecified atom stereocenters. The van der Waals surface area contributed by atoms with Gasteiger partial charge in [-0.3, -0.25) is 4.79 Å². The number of amides is 1. The molecule has 0 fully saturated rings. The summed E-state index contributed by atoms with van der Waals surface area (Å²) in [5.74, 6) is 1.02. The zero-order valence-corrected chi connectivity index (χ0v) is 11.7. The zero-order valence-electron chi connectivity index (χ0n) is 11.7. The molecular formula is C14H22N2O3. The summed E-state index contributed by atoms with van der Waals surface area (Å²) in [4.78, 5) is 11.3. The number of carbonyl (C=O) groups excluding carboxylic acids is 1. The van der Waals surface area contributed by atoms with Crippen molar-refractivity contribution in [3.63, 3.8) is 0 Å². The molecule has 19 heavy (non-hydrogen) atoms. The van der Waals surface area contributed by atoms with E-state index in [9.17, 15) is 4.79 Å². The van der Waals surface area contributed by atoms with Crippen molar-refractivity contribution < 1.29 is 14.3 Å². The van der Waals surface area contributed by atoms with E-state index < -0.39 is 0 Å². The fraction of sp³-hybridized carbons (Fsp3) is 0.500. The highest BCUT2D eigenvalue weighted by Gasteiger charge is 2.09. The van der Waals surface area contributed by atoms with Gasteiger partial charge < -0.3 is 20.5 Å². The van der Waals surface area contributed by atoms with Crippen molar-refractivity contribution in [3.05, 3.63) is 23.8 Å². The molecule has 0 aliphatic carbocycles. The van der Waals surface area contributed by atoms with Gasteiger partial charge in [0.05, 0.1) is 7.11 Å². The van der Waals surface area contributed by atoms with Crippen LogP contribution in [0, 0.1) is 0 Å². The van der Waals surface area contributed by atoms with Gasteiger partial charge in [0.15, 0.2) is 18.1 Å². The van der Waals surface area contributed by atoms with Crippen LogP contribution in [0.2, 0.25) is 0 Å². The van der Waals surface area contributed by atoms with Crippen LogP contribution in [-0.2, 0) is 11.2 Å². The maximum atomic E-state index is 11.3. The van der Waals surface area contributed by atoms with E-state index in [0.717, 1.165) is 12.0 Å². The Bertz CT molecular complexity index is 419. The normalized spacial score (nSPS) is 11.8. The summed E-state index contributed by atoms with van der Waals surface area (Å²) in [5.41, 5.74) is 6.84. The lowest BCUT2D eigenvalue weighted by Gasteiger charge is -2.13. The van der Waals surface area contributed by atoms with Gasteiger partial charge in [0.1, 0.15) is 0 Å². The molecule has 1 atom stereocenters. The number of hydrogen-bond acceptors (Lipinski definition) is 4. The van der Waals surface area contributed by atoms with Gasteiger partial charge in [-0.25, -0.2) is 0 Å². The smallest absolute Gasteiger partial charge is 0.257 e. The van der Waals surface area contributed by atoms with Gasteiger partial charge in [0, 0.05) is 12.6 Å². The summed E-state index contributed by atoms with van der Waals surface area (Å²) in [5, 5.41) is 2.67. The van der Waals surface area contributed by atoms with Crippen molar-refractivity contribution in [2.75, 3.05) is 20.3 Å². The first-order chi connectivity index (χ1) is 9.06. The van der Waals surface area contributed by atoms with Gasteiger partial charge >= 0.3 is 0 Å². The molecule has 0 bridgehead atoms. The molecule has 0 radical (unpaired) electrons. The molecule has 0 aliphatic heterocycles. The first-order valence-electron chi connectivity index (χ1n) is 6.38. The Balaban J connectivity index is 2.70. The van der Waals surface area contributed by atoms with E-state index in [1.807, 2.05) is 26.0 Å². The second-order valence-corrected chi connectivity index (χ2v) is 4.41. The van der Waals surface area contributed by atoms with Gasteiger partial charge in [0.25, 0.3) is 5.91 Å². The van der Waals surface area contributed by atoms with Crippen LogP contribution in [0.5, 0.6) is 11.5 Å². The fourth-order valence-electron chi connectivity index (χ4n) is 1.72. The van der Waals surface area contributed by atoms with Crippen LogP contribution in [-0.4, -0.2) is 32.2 Å². The number of nitrogens with one attached hydrogen (secondary N) is 1. The molecule has 1 amide bonds. The first kappa shape index (κ1) is 15.3. The number of carbonyl (C=O) groups is 1. The van der Waals surface area contributed by atoms with Crippen molar-refractivity contribution in [3.8, 4) is 11.5 Å². The number of nitrogens with two attached hydrogens (primary N) is 1. The van der Waals surface area contributed by atoms with Crippen molar-refractivity contribution in [2.24, 2.45) is 5.73 Å². The highest BCUT2D eigenvalue weighted by atomic mass is 16.5. The van der Waals surface area contributed by atoms with E-state index in [1.165, 1.54) is 0 Å². The monoisotopic (exact) mass is 266 g/mol. The number of ether oxygens (including phenoxy) is 2. The third-order valence-electron chi connectivity index (χ3n) is 2.52. The quantitative estimate of drug-likeness (QED) is 0.775. The van der Waals surface area contributed by atoms with Gasteiger partial charge in [-0.15, -0.1) is 0 Å². The highest BCUT2D eigenvalue weighted by Crippen LogP contribution is 2.28. The summed E-state index contributed by atoms with van der Waals surface area (Å²) < 4.78 is 10.7. The Morgan fingerprint density at radius 1 is 1.42 bits per heavy atom. The van der Waals surface area contributed by atoms with Gasteiger partial charge in [-0.1, -0.05) is 6.07 Å². The second-order valence-electron chi connectivity index (χ2n) is 4.41. The molecule has 1 aromatic rings. The molecule has 0 saturated heterocycles. The Morgan fingerprint density at radius 3 is 2.74 bits per heavy atom. The highest BCUT2D eigenvalue weighted by molar-refractivity contribution is 5.77. The Kier molecular flexibility index (Phi) is 6.15. The summed E-state index contributed by atoms with van der Waals surface area (Å²) in [6, 6.07) is 5.71. The molecule has 3 N–H and O–H groups in total. The zero-order chi connectivity index (χ0) is 14.3. The van der Waals surface area contributed by atoms with Crippen molar-refractivity contribution in [2.45, 2.75) is 26.3 Å². The number of benzene rings is 1. The summed E-state index contributed by atoms with van der Waals surface area (Å²) in [7, 11) is 1.57. The van der Waals surface area contributed by atoms with Crippen molar-refractivity contribution in [1.82, 2.24) is 5.32 Å². The standard InChI is InChI=1S/C14H22N2O3/c1-4-16-14(17)9-19-12-6-5-11(7-10(2)15)8-13(12)18-3/h5-6,8,10H,4,7,9,15H2,1-3H3,(H,16,17). The molecular weight excluding hydrogens is 244 g/mol. The van der Waals surface area contributed by atoms with Crippen molar-refractivity contribution >= 4 is 5.91 Å². The molecule has 0 heterocycles. The van der Waals surface area contributed by atoms with Crippen LogP contribution in [0.1, 0.15) is 19.4 Å². The van der Waals surface area contributed by atoms with Crippen LogP contribution in [0.15, 0.2) is 18.2 Å². The molecule has 0 aliphatic rings. The number of rotatable bonds is 7. The van der Waals surface area contributed by atoms with Crippen LogP contribution >= 0.6 is 0 Å². The van der Waals surface area contributed by atoms with Gasteiger partial charge in [-0.05, 0) is 38.0 Å². The second kappa shape index (κ2) is 7.63. The number of hydrogen-bond donors (Lipinski definition) is 2. The molecule has 5 nitrogen and oxygen atoms in total. The molecule has 0 saturated carbocycles. The average molecular weight is 266 g/mol. The average Bonchev–Trinajstić information content (AvgIpc) is 2.36. The third-order valence-corrected chi connectivity index (χ3v) is 2.52. The van der Waals surface area contributed by atoms with Crippen LogP contribution in [0.4, 0.5) is 0 Å². The van der Waals surface area contributed by atoms with E-state index in [2.05, 4.69) is 5.32 Å². The van der Waals surface area contributed by atoms with E-state index in [0.29, 0.717) is 18.0 Å².